The van der Waals surface area contributed by atoms with Gasteiger partial charge in [0.05, 0.1) is 30.5 Å². The second kappa shape index (κ2) is 18.4. The molecule has 0 unspecified atom stereocenters. The smallest absolute Gasteiger partial charge is 0.192 e. The summed E-state index contributed by atoms with van der Waals surface area (Å²) in [6.45, 7) is 33.0. The molecule has 0 aromatic carbocycles. The second-order valence-corrected chi connectivity index (χ2v) is 33.9. The van der Waals surface area contributed by atoms with Gasteiger partial charge >= 0.3 is 0 Å². The number of aliphatic hydroxyl groups is 2. The van der Waals surface area contributed by atoms with Crippen LogP contribution in [0.4, 0.5) is 0 Å². The third-order valence-electron chi connectivity index (χ3n) is 17.5. The van der Waals surface area contributed by atoms with Crippen LogP contribution in [0.25, 0.3) is 0 Å². The minimum atomic E-state index is -2.02. The summed E-state index contributed by atoms with van der Waals surface area (Å²) in [6, 6.07) is 10.4. The number of rotatable bonds is 19. The Bertz CT molecular complexity index is 1140. The van der Waals surface area contributed by atoms with Gasteiger partial charge in [0.15, 0.2) is 25.0 Å². The van der Waals surface area contributed by atoms with Gasteiger partial charge in [0.25, 0.3) is 0 Å². The van der Waals surface area contributed by atoms with Gasteiger partial charge in [0.2, 0.25) is 0 Å². The van der Waals surface area contributed by atoms with Crippen molar-refractivity contribution in [3.05, 3.63) is 12.2 Å². The van der Waals surface area contributed by atoms with Crippen LogP contribution in [0.3, 0.4) is 0 Å². The summed E-state index contributed by atoms with van der Waals surface area (Å²) in [6.07, 6.45) is 10.3. The molecule has 4 aliphatic rings. The van der Waals surface area contributed by atoms with Crippen LogP contribution < -0.4 is 0 Å². The van der Waals surface area contributed by atoms with Gasteiger partial charge in [-0.3, -0.25) is 0 Å². The highest BCUT2D eigenvalue weighted by atomic mass is 28.4. The molecule has 0 saturated heterocycles. The molecule has 4 rings (SSSR count). The highest BCUT2D eigenvalue weighted by Gasteiger charge is 2.68. The van der Waals surface area contributed by atoms with Gasteiger partial charge in [0.1, 0.15) is 0 Å². The van der Waals surface area contributed by atoms with Crippen molar-refractivity contribution >= 4 is 25.0 Å². The minimum Gasteiger partial charge on any atom is -0.411 e. The topological polar surface area (TPSA) is 68.2 Å². The van der Waals surface area contributed by atoms with Gasteiger partial charge in [-0.25, -0.2) is 0 Å². The fourth-order valence-corrected chi connectivity index (χ4v) is 21.9. The lowest BCUT2D eigenvalue weighted by molar-refractivity contribution is -0.163. The first kappa shape index (κ1) is 45.9. The molecule has 5 nitrogen and oxygen atoms in total. The Morgan fingerprint density at radius 2 is 1.15 bits per heavy atom. The third kappa shape index (κ3) is 8.66. The Hall–Kier alpha value is 0.191. The first-order valence-corrected chi connectivity index (χ1v) is 30.7. The van der Waals surface area contributed by atoms with Gasteiger partial charge in [-0.05, 0) is 145 Å². The van der Waals surface area contributed by atoms with Crippen molar-refractivity contribution in [2.24, 2.45) is 52.3 Å². The van der Waals surface area contributed by atoms with Crippen LogP contribution in [-0.2, 0) is 13.3 Å². The van der Waals surface area contributed by atoms with E-state index in [4.69, 9.17) is 13.3 Å². The van der Waals surface area contributed by atoms with E-state index in [0.717, 1.165) is 37.4 Å². The van der Waals surface area contributed by atoms with Gasteiger partial charge in [-0.2, -0.15) is 0 Å². The van der Waals surface area contributed by atoms with Crippen LogP contribution in [0.2, 0.25) is 54.4 Å². The molecule has 0 bridgehead atoms. The average molecular weight is 793 g/mol. The summed E-state index contributed by atoms with van der Waals surface area (Å²) in [5, 5.41) is 24.3. The number of aliphatic hydroxyl groups excluding tert-OH is 2. The Labute approximate surface area is 332 Å². The molecule has 8 heteroatoms. The summed E-state index contributed by atoms with van der Waals surface area (Å²) >= 11 is 0. The highest BCUT2D eigenvalue weighted by Crippen LogP contribution is 2.69. The zero-order valence-corrected chi connectivity index (χ0v) is 40.3. The van der Waals surface area contributed by atoms with Crippen LogP contribution in [0.5, 0.6) is 0 Å². The zero-order chi connectivity index (χ0) is 39.6. The monoisotopic (exact) mass is 793 g/mol. The quantitative estimate of drug-likeness (QED) is 0.101. The molecule has 0 aromatic heterocycles. The molecule has 4 fully saturated rings. The zero-order valence-electron chi connectivity index (χ0n) is 37.3. The van der Waals surface area contributed by atoms with E-state index in [-0.39, 0.29) is 41.0 Å². The first-order valence-electron chi connectivity index (χ1n) is 23.1. The lowest BCUT2D eigenvalue weighted by Gasteiger charge is -2.63. The van der Waals surface area contributed by atoms with Gasteiger partial charge in [-0.15, -0.1) is 0 Å². The van der Waals surface area contributed by atoms with Crippen molar-refractivity contribution in [3.8, 4) is 0 Å². The van der Waals surface area contributed by atoms with E-state index in [0.29, 0.717) is 29.6 Å². The SMILES string of the molecule is CC[Si](CC)(CC)O[C@H]1[C@H](O)[C@H]([C@H](C)[C@@H](O)/C=C\C(C)C)[C@@]2(C)CC[C@H]3[C@@H](CC[C@H]4C[C@H](O[Si](CC)(CC)CC)[C@@H](O[Si](CC)(CC)CC)C[C@@]43C)[C@H]12. The number of allylic oxidation sites excluding steroid dienone is 1. The second-order valence-electron chi connectivity index (χ2n) is 19.7. The summed E-state index contributed by atoms with van der Waals surface area (Å²) < 4.78 is 22.7. The summed E-state index contributed by atoms with van der Waals surface area (Å²) in [7, 11) is -5.71. The Morgan fingerprint density at radius 3 is 1.64 bits per heavy atom. The molecule has 310 valence electrons. The lowest BCUT2D eigenvalue weighted by Crippen LogP contribution is -2.61. The van der Waals surface area contributed by atoms with E-state index >= 15 is 0 Å². The highest BCUT2D eigenvalue weighted by molar-refractivity contribution is 6.74. The van der Waals surface area contributed by atoms with E-state index in [1.165, 1.54) is 55.5 Å². The van der Waals surface area contributed by atoms with Gasteiger partial charge < -0.3 is 23.5 Å². The molecule has 0 aromatic rings. The van der Waals surface area contributed by atoms with E-state index in [1.807, 2.05) is 6.08 Å². The van der Waals surface area contributed by atoms with Gasteiger partial charge in [0, 0.05) is 0 Å². The predicted molar refractivity (Wildman–Crippen MR) is 233 cm³/mol. The van der Waals surface area contributed by atoms with E-state index in [1.54, 1.807) is 0 Å². The van der Waals surface area contributed by atoms with Crippen LogP contribution in [-0.4, -0.2) is 65.7 Å². The molecular formula is C45H88O5Si3. The molecule has 0 amide bonds. The number of hydrogen-bond acceptors (Lipinski definition) is 5. The molecule has 0 spiro atoms. The summed E-state index contributed by atoms with van der Waals surface area (Å²) in [4.78, 5) is 0. The van der Waals surface area contributed by atoms with Crippen molar-refractivity contribution in [1.82, 2.24) is 0 Å². The standard InChI is InChI=1S/C45H88O5Si3/c1-15-51(16-2,17-3)48-38-30-34-25-26-35-36(45(34,14)31-39(38)49-52(18-4,19-5)20-6)28-29-44(13)40(33(12)37(46)27-24-32(10)11)42(47)43(41(35)44)50-53(21-7,22-8)23-9/h24,27,32-43,46-47H,15-23,25-26,28-31H2,1-14H3/b27-24-/t33-,34+,35-,36+,37+,38+,39+,40+,41-,42-,43-,44-,45+/m1/s1. The van der Waals surface area contributed by atoms with Crippen LogP contribution in [0.15, 0.2) is 12.2 Å². The molecule has 4 saturated carbocycles. The Balaban J connectivity index is 1.77. The first-order chi connectivity index (χ1) is 25.0. The van der Waals surface area contributed by atoms with Crippen molar-refractivity contribution in [3.63, 3.8) is 0 Å². The molecule has 13 atom stereocenters. The third-order valence-corrected chi connectivity index (χ3v) is 31.5. The van der Waals surface area contributed by atoms with Crippen molar-refractivity contribution < 1.29 is 23.5 Å². The molecule has 0 radical (unpaired) electrons. The molecule has 4 aliphatic carbocycles. The Kier molecular flexibility index (Phi) is 15.9. The maximum Gasteiger partial charge on any atom is 0.192 e. The number of fused-ring (bicyclic) bond motifs is 5. The molecule has 2 N–H and O–H groups in total. The fraction of sp³-hybridized carbons (Fsp3) is 0.956. The maximum atomic E-state index is 12.7. The average Bonchev–Trinajstić information content (AvgIpc) is 3.38. The van der Waals surface area contributed by atoms with Crippen LogP contribution >= 0.6 is 0 Å². The maximum absolute atomic E-state index is 12.7. The molecular weight excluding hydrogens is 705 g/mol. The fourth-order valence-electron chi connectivity index (χ4n) is 13.3. The molecule has 0 heterocycles. The molecule has 0 aliphatic heterocycles. The Morgan fingerprint density at radius 1 is 0.660 bits per heavy atom. The van der Waals surface area contributed by atoms with Gasteiger partial charge in [-0.1, -0.05) is 109 Å². The normalized spacial score (nSPS) is 37.8. The molecule has 53 heavy (non-hydrogen) atoms. The summed E-state index contributed by atoms with van der Waals surface area (Å²) in [5.74, 6) is 2.43. The summed E-state index contributed by atoms with van der Waals surface area (Å²) in [5.41, 5.74) is 0.113. The lowest BCUT2D eigenvalue weighted by atomic mass is 9.44. The minimum absolute atomic E-state index is 0.00812. The van der Waals surface area contributed by atoms with E-state index in [2.05, 4.69) is 103 Å². The number of hydrogen-bond donors (Lipinski definition) is 2. The largest absolute Gasteiger partial charge is 0.411 e. The van der Waals surface area contributed by atoms with Crippen molar-refractivity contribution in [2.45, 2.75) is 220 Å². The predicted octanol–water partition coefficient (Wildman–Crippen LogP) is 12.2. The van der Waals surface area contributed by atoms with Crippen LogP contribution in [0.1, 0.15) is 135 Å². The van der Waals surface area contributed by atoms with Crippen molar-refractivity contribution in [2.75, 3.05) is 0 Å². The van der Waals surface area contributed by atoms with Crippen molar-refractivity contribution in [1.29, 1.82) is 0 Å². The van der Waals surface area contributed by atoms with E-state index < -0.39 is 37.2 Å². The van der Waals surface area contributed by atoms with Crippen LogP contribution in [0, 0.1) is 52.3 Å². The van der Waals surface area contributed by atoms with E-state index in [9.17, 15) is 10.2 Å².